The number of aromatic nitrogens is 3. The number of hydrogen-bond acceptors (Lipinski definition) is 11. The minimum Gasteiger partial charge on any atom is -0.488 e. The highest BCUT2D eigenvalue weighted by Gasteiger charge is 2.45. The monoisotopic (exact) mass is 797 g/mol. The summed E-state index contributed by atoms with van der Waals surface area (Å²) in [6.45, 7) is 2.73. The third kappa shape index (κ3) is 6.97. The first kappa shape index (κ1) is 37.1. The molecule has 15 heteroatoms. The lowest BCUT2D eigenvalue weighted by Gasteiger charge is -2.41. The summed E-state index contributed by atoms with van der Waals surface area (Å²) in [5, 5.41) is 4.53. The standard InChI is InChI=1S/C44H43N7O8/c1-48-36-10-13-45-21-35(36)32-5-2-25(16-38(32)48)26-3-9-40(46-20-26)59-30-17-29(18-30)57-27-11-14-50(15-12-27)41(53)24-49-22-31(23-49)58-28-4-6-33-34(19-28)44(56)51(43(33)55)37-7-8-39(52)47-42(37)54/h2-6,9-10,13,16,19-21,27,29-31,37H,7-8,11-12,14-15,17-18,22-24H2,1H3,(H,47,52,54). The van der Waals surface area contributed by atoms with Crippen molar-refractivity contribution in [2.75, 3.05) is 32.7 Å². The maximum atomic E-state index is 13.2. The smallest absolute Gasteiger partial charge is 0.262 e. The van der Waals surface area contributed by atoms with Crippen LogP contribution in [0, 0.1) is 0 Å². The van der Waals surface area contributed by atoms with E-state index in [9.17, 15) is 24.0 Å². The molecule has 302 valence electrons. The van der Waals surface area contributed by atoms with E-state index in [-0.39, 0.29) is 54.3 Å². The molecular formula is C44H43N7O8. The van der Waals surface area contributed by atoms with Crippen LogP contribution in [0.3, 0.4) is 0 Å². The number of pyridine rings is 2. The maximum Gasteiger partial charge on any atom is 0.262 e. The molecule has 3 saturated heterocycles. The van der Waals surface area contributed by atoms with Crippen molar-refractivity contribution < 1.29 is 38.2 Å². The highest BCUT2D eigenvalue weighted by molar-refractivity contribution is 6.23. The molecule has 2 aromatic carbocycles. The van der Waals surface area contributed by atoms with Gasteiger partial charge in [0, 0.05) is 99.0 Å². The second-order valence-corrected chi connectivity index (χ2v) is 16.2. The van der Waals surface area contributed by atoms with Gasteiger partial charge in [0.1, 0.15) is 24.0 Å². The SMILES string of the molecule is Cn1c2ccncc2c2ccc(-c3ccc(OC4CC(OC5CCN(C(=O)CN6CC(Oc7ccc8c(c7)C(=O)N(C7CCC(=O)NC7=O)C8=O)C6)CC5)C4)nc3)cc21. The van der Waals surface area contributed by atoms with E-state index in [0.717, 1.165) is 58.1 Å². The zero-order valence-corrected chi connectivity index (χ0v) is 32.5. The van der Waals surface area contributed by atoms with Crippen molar-refractivity contribution in [3.63, 3.8) is 0 Å². The predicted molar refractivity (Wildman–Crippen MR) is 214 cm³/mol. The van der Waals surface area contributed by atoms with E-state index in [1.807, 2.05) is 40.5 Å². The van der Waals surface area contributed by atoms with Crippen LogP contribution in [0.25, 0.3) is 32.9 Å². The number of carbonyl (C=O) groups excluding carboxylic acids is 5. The van der Waals surface area contributed by atoms with E-state index >= 15 is 0 Å². The summed E-state index contributed by atoms with van der Waals surface area (Å²) < 4.78 is 20.8. The van der Waals surface area contributed by atoms with Crippen LogP contribution in [-0.2, 0) is 26.2 Å². The van der Waals surface area contributed by atoms with E-state index in [4.69, 9.17) is 14.2 Å². The molecule has 10 rings (SSSR count). The number of nitrogens with zero attached hydrogens (tertiary/aromatic N) is 6. The number of imide groups is 2. The van der Waals surface area contributed by atoms with Crippen LogP contribution in [-0.4, -0.2) is 122 Å². The van der Waals surface area contributed by atoms with Gasteiger partial charge >= 0.3 is 0 Å². The largest absolute Gasteiger partial charge is 0.488 e. The summed E-state index contributed by atoms with van der Waals surface area (Å²) in [7, 11) is 2.08. The molecule has 4 fully saturated rings. The van der Waals surface area contributed by atoms with Crippen molar-refractivity contribution in [3.8, 4) is 22.8 Å². The van der Waals surface area contributed by atoms with Crippen molar-refractivity contribution in [2.45, 2.75) is 69.0 Å². The summed E-state index contributed by atoms with van der Waals surface area (Å²) in [4.78, 5) is 77.0. The molecule has 5 aliphatic rings. The van der Waals surface area contributed by atoms with Gasteiger partial charge in [0.15, 0.2) is 0 Å². The summed E-state index contributed by atoms with van der Waals surface area (Å²) in [5.74, 6) is -1.07. The Bertz CT molecular complexity index is 2520. The summed E-state index contributed by atoms with van der Waals surface area (Å²) in [6, 6.07) is 16.2. The lowest BCUT2D eigenvalue weighted by molar-refractivity contribution is -0.141. The summed E-state index contributed by atoms with van der Waals surface area (Å²) >= 11 is 0. The van der Waals surface area contributed by atoms with Crippen LogP contribution in [0.4, 0.5) is 0 Å². The van der Waals surface area contributed by atoms with Gasteiger partial charge in [-0.2, -0.15) is 0 Å². The molecule has 1 unspecified atom stereocenters. The van der Waals surface area contributed by atoms with Crippen molar-refractivity contribution in [2.24, 2.45) is 7.05 Å². The fraction of sp³-hybridized carbons (Fsp3) is 0.386. The van der Waals surface area contributed by atoms with Crippen LogP contribution in [0.1, 0.15) is 59.2 Å². The van der Waals surface area contributed by atoms with E-state index in [1.54, 1.807) is 6.07 Å². The van der Waals surface area contributed by atoms with Gasteiger partial charge in [-0.1, -0.05) is 12.1 Å². The molecule has 4 aliphatic heterocycles. The number of amides is 5. The van der Waals surface area contributed by atoms with Gasteiger partial charge in [-0.25, -0.2) is 4.98 Å². The molecule has 15 nitrogen and oxygen atoms in total. The Labute approximate surface area is 339 Å². The molecule has 1 N–H and O–H groups in total. The number of hydrogen-bond donors (Lipinski definition) is 1. The number of rotatable bonds is 10. The van der Waals surface area contributed by atoms with Gasteiger partial charge in [-0.05, 0) is 61.2 Å². The average Bonchev–Trinajstić information content (AvgIpc) is 3.64. The summed E-state index contributed by atoms with van der Waals surface area (Å²) in [6.07, 6.45) is 9.13. The Balaban J connectivity index is 0.633. The van der Waals surface area contributed by atoms with Gasteiger partial charge in [-0.3, -0.25) is 44.1 Å². The fourth-order valence-corrected chi connectivity index (χ4v) is 9.00. The van der Waals surface area contributed by atoms with Crippen molar-refractivity contribution in [3.05, 3.63) is 84.3 Å². The fourth-order valence-electron chi connectivity index (χ4n) is 9.00. The first-order valence-electron chi connectivity index (χ1n) is 20.3. The Morgan fingerprint density at radius 1 is 0.780 bits per heavy atom. The maximum absolute atomic E-state index is 13.2. The van der Waals surface area contributed by atoms with E-state index in [0.29, 0.717) is 44.4 Å². The Morgan fingerprint density at radius 2 is 1.58 bits per heavy atom. The highest BCUT2D eigenvalue weighted by atomic mass is 16.5. The third-order valence-corrected chi connectivity index (χ3v) is 12.4. The molecule has 5 amide bonds. The molecule has 0 spiro atoms. The number of benzene rings is 2. The molecule has 0 radical (unpaired) electrons. The lowest BCUT2D eigenvalue weighted by atomic mass is 9.91. The topological polar surface area (TPSA) is 166 Å². The minimum atomic E-state index is -1.02. The zero-order valence-electron chi connectivity index (χ0n) is 32.5. The number of nitrogens with one attached hydrogen (secondary N) is 1. The van der Waals surface area contributed by atoms with Gasteiger partial charge in [0.05, 0.1) is 35.4 Å². The summed E-state index contributed by atoms with van der Waals surface area (Å²) in [5.41, 5.74) is 4.80. The number of aryl methyl sites for hydroxylation is 1. The first-order chi connectivity index (χ1) is 28.6. The van der Waals surface area contributed by atoms with E-state index in [1.165, 1.54) is 17.5 Å². The highest BCUT2D eigenvalue weighted by Crippen LogP contribution is 2.34. The number of carbonyl (C=O) groups is 5. The zero-order chi connectivity index (χ0) is 40.4. The molecule has 1 atom stereocenters. The van der Waals surface area contributed by atoms with Crippen LogP contribution >= 0.6 is 0 Å². The molecule has 3 aromatic heterocycles. The first-order valence-corrected chi connectivity index (χ1v) is 20.3. The van der Waals surface area contributed by atoms with Gasteiger partial charge < -0.3 is 23.7 Å². The minimum absolute atomic E-state index is 0.0604. The third-order valence-electron chi connectivity index (χ3n) is 12.4. The second kappa shape index (κ2) is 14.9. The quantitative estimate of drug-likeness (QED) is 0.204. The Morgan fingerprint density at radius 3 is 2.36 bits per heavy atom. The number of fused-ring (bicyclic) bond motifs is 4. The normalized spacial score (nSPS) is 22.7. The van der Waals surface area contributed by atoms with Gasteiger partial charge in [-0.15, -0.1) is 0 Å². The molecule has 0 bridgehead atoms. The van der Waals surface area contributed by atoms with Crippen LogP contribution < -0.4 is 14.8 Å². The van der Waals surface area contributed by atoms with Crippen LogP contribution in [0.15, 0.2) is 73.2 Å². The Hall–Kier alpha value is -6.19. The molecule has 7 heterocycles. The number of piperidine rings is 2. The van der Waals surface area contributed by atoms with Crippen molar-refractivity contribution in [1.82, 2.24) is 34.6 Å². The van der Waals surface area contributed by atoms with Crippen molar-refractivity contribution >= 4 is 51.3 Å². The average molecular weight is 798 g/mol. The number of likely N-dealkylation sites (tertiary alicyclic amines) is 2. The molecule has 1 saturated carbocycles. The molecular weight excluding hydrogens is 755 g/mol. The molecule has 5 aromatic rings. The lowest BCUT2D eigenvalue weighted by Crippen LogP contribution is -2.57. The second-order valence-electron chi connectivity index (χ2n) is 16.2. The predicted octanol–water partition coefficient (Wildman–Crippen LogP) is 3.87. The van der Waals surface area contributed by atoms with E-state index < -0.39 is 29.7 Å². The van der Waals surface area contributed by atoms with Crippen LogP contribution in [0.2, 0.25) is 0 Å². The number of ether oxygens (including phenoxy) is 3. The Kier molecular flexibility index (Phi) is 9.36. The van der Waals surface area contributed by atoms with Crippen molar-refractivity contribution in [1.29, 1.82) is 0 Å². The van der Waals surface area contributed by atoms with Gasteiger partial charge in [0.2, 0.25) is 23.6 Å². The molecule has 1 aliphatic carbocycles. The van der Waals surface area contributed by atoms with Gasteiger partial charge in [0.25, 0.3) is 11.8 Å². The molecule has 59 heavy (non-hydrogen) atoms. The van der Waals surface area contributed by atoms with Crippen LogP contribution in [0.5, 0.6) is 11.6 Å². The van der Waals surface area contributed by atoms with E-state index in [2.05, 4.69) is 51.2 Å².